The first-order valence-electron chi connectivity index (χ1n) is 12.1. The topological polar surface area (TPSA) is 100 Å². The van der Waals surface area contributed by atoms with Gasteiger partial charge >= 0.3 is 0 Å². The van der Waals surface area contributed by atoms with Crippen LogP contribution >= 0.6 is 11.3 Å². The number of nitrogens with zero attached hydrogens (tertiary/aromatic N) is 2. The number of hydrogen-bond donors (Lipinski definition) is 3. The van der Waals surface area contributed by atoms with Crippen molar-refractivity contribution in [3.63, 3.8) is 0 Å². The van der Waals surface area contributed by atoms with Gasteiger partial charge in [0.05, 0.1) is 5.56 Å². The lowest BCUT2D eigenvalue weighted by Gasteiger charge is -2.17. The first kappa shape index (κ1) is 25.5. The molecule has 0 spiro atoms. The molecule has 4 N–H and O–H groups in total. The molecule has 1 aliphatic rings. The van der Waals surface area contributed by atoms with E-state index in [-0.39, 0.29) is 27.8 Å². The number of nitrogen functional groups attached to an aromatic ring is 1. The molecule has 4 aromatic rings. The van der Waals surface area contributed by atoms with Crippen molar-refractivity contribution in [1.29, 1.82) is 0 Å². The van der Waals surface area contributed by atoms with Crippen molar-refractivity contribution < 1.29 is 18.4 Å². The number of amides is 1. The van der Waals surface area contributed by atoms with Crippen molar-refractivity contribution >= 4 is 39.7 Å². The number of likely N-dealkylation sites (tertiary alicyclic amines) is 1. The highest BCUT2D eigenvalue weighted by Crippen LogP contribution is 2.31. The lowest BCUT2D eigenvalue weighted by molar-refractivity contribution is 0.0937. The van der Waals surface area contributed by atoms with Crippen LogP contribution in [0.1, 0.15) is 37.6 Å². The fraction of sp³-hybridized carbons (Fsp3) is 0.179. The van der Waals surface area contributed by atoms with E-state index in [1.165, 1.54) is 11.6 Å². The average molecular weight is 534 g/mol. The predicted molar refractivity (Wildman–Crippen MR) is 144 cm³/mol. The number of carbonyl (C=O) groups excluding carboxylic acids is 2. The number of rotatable bonds is 8. The van der Waals surface area contributed by atoms with Crippen LogP contribution in [0.2, 0.25) is 0 Å². The second-order valence-corrected chi connectivity index (χ2v) is 10.0. The summed E-state index contributed by atoms with van der Waals surface area (Å²) in [6.07, 6.45) is 0.890. The first-order chi connectivity index (χ1) is 18.4. The van der Waals surface area contributed by atoms with E-state index < -0.39 is 23.0 Å². The summed E-state index contributed by atoms with van der Waals surface area (Å²) in [5.41, 5.74) is 7.57. The number of nitrogens with one attached hydrogen (secondary N) is 2. The van der Waals surface area contributed by atoms with E-state index in [9.17, 15) is 18.4 Å². The van der Waals surface area contributed by atoms with Gasteiger partial charge in [-0.2, -0.15) is 0 Å². The summed E-state index contributed by atoms with van der Waals surface area (Å²) in [6, 6.07) is 20.3. The van der Waals surface area contributed by atoms with Gasteiger partial charge in [0.25, 0.3) is 5.91 Å². The molecule has 1 saturated heterocycles. The minimum Gasteiger partial charge on any atom is -0.382 e. The van der Waals surface area contributed by atoms with Gasteiger partial charge in [0.2, 0.25) is 5.78 Å². The number of benzene rings is 3. The summed E-state index contributed by atoms with van der Waals surface area (Å²) in [5.74, 6) is -3.08. The van der Waals surface area contributed by atoms with E-state index in [1.54, 1.807) is 24.3 Å². The van der Waals surface area contributed by atoms with Gasteiger partial charge in [-0.05, 0) is 48.4 Å². The van der Waals surface area contributed by atoms with Crippen molar-refractivity contribution in [1.82, 2.24) is 15.2 Å². The van der Waals surface area contributed by atoms with Crippen molar-refractivity contribution in [2.24, 2.45) is 0 Å². The Morgan fingerprint density at radius 3 is 2.42 bits per heavy atom. The number of ketones is 1. The number of carbonyl (C=O) groups is 2. The number of anilines is 3. The molecule has 0 saturated carbocycles. The molecule has 7 nitrogen and oxygen atoms in total. The Labute approximate surface area is 222 Å². The average Bonchev–Trinajstić information content (AvgIpc) is 3.50. The SMILES string of the molecule is Nc1nc(Nc2ccc(C(=O)NC3CCN(Cc4ccccc4)C3)cc2)sc1C(=O)c1c(F)cccc1F. The molecular weight excluding hydrogens is 508 g/mol. The maximum atomic E-state index is 14.0. The molecular formula is C28H25F2N5O2S. The Balaban J connectivity index is 1.18. The normalized spacial score (nSPS) is 15.4. The highest BCUT2D eigenvalue weighted by Gasteiger charge is 2.25. The number of halogens is 2. The zero-order valence-electron chi connectivity index (χ0n) is 20.3. The van der Waals surface area contributed by atoms with Gasteiger partial charge in [-0.3, -0.25) is 14.5 Å². The third-order valence-corrected chi connectivity index (χ3v) is 7.29. The molecule has 1 atom stereocenters. The Morgan fingerprint density at radius 2 is 1.71 bits per heavy atom. The van der Waals surface area contributed by atoms with Gasteiger partial charge in [0.15, 0.2) is 5.13 Å². The summed E-state index contributed by atoms with van der Waals surface area (Å²) in [7, 11) is 0. The predicted octanol–water partition coefficient (Wildman–Crippen LogP) is 4.98. The van der Waals surface area contributed by atoms with Gasteiger partial charge < -0.3 is 16.4 Å². The molecule has 1 unspecified atom stereocenters. The van der Waals surface area contributed by atoms with Gasteiger partial charge in [-0.25, -0.2) is 13.8 Å². The zero-order valence-corrected chi connectivity index (χ0v) is 21.1. The lowest BCUT2D eigenvalue weighted by atomic mass is 10.1. The lowest BCUT2D eigenvalue weighted by Crippen LogP contribution is -2.36. The summed E-state index contributed by atoms with van der Waals surface area (Å²) < 4.78 is 28.1. The van der Waals surface area contributed by atoms with Crippen LogP contribution in [0.5, 0.6) is 0 Å². The Bertz CT molecular complexity index is 1440. The first-order valence-corrected chi connectivity index (χ1v) is 12.9. The van der Waals surface area contributed by atoms with Crippen molar-refractivity contribution in [2.75, 3.05) is 24.1 Å². The summed E-state index contributed by atoms with van der Waals surface area (Å²) in [5, 5.41) is 6.40. The van der Waals surface area contributed by atoms with Crippen LogP contribution in [0.3, 0.4) is 0 Å². The van der Waals surface area contributed by atoms with Crippen LogP contribution in [-0.2, 0) is 6.54 Å². The molecule has 1 fully saturated rings. The highest BCUT2D eigenvalue weighted by molar-refractivity contribution is 7.18. The second kappa shape index (κ2) is 11.1. The molecule has 1 aliphatic heterocycles. The molecule has 0 radical (unpaired) electrons. The molecule has 194 valence electrons. The van der Waals surface area contributed by atoms with E-state index in [2.05, 4.69) is 32.7 Å². The Hall–Kier alpha value is -4.15. The number of nitrogens with two attached hydrogens (primary N) is 1. The van der Waals surface area contributed by atoms with Crippen LogP contribution < -0.4 is 16.4 Å². The van der Waals surface area contributed by atoms with Crippen LogP contribution in [0.25, 0.3) is 0 Å². The van der Waals surface area contributed by atoms with Crippen LogP contribution in [0.4, 0.5) is 25.4 Å². The highest BCUT2D eigenvalue weighted by atomic mass is 32.1. The van der Waals surface area contributed by atoms with E-state index in [1.807, 2.05) is 18.2 Å². The van der Waals surface area contributed by atoms with Gasteiger partial charge in [0.1, 0.15) is 22.3 Å². The van der Waals surface area contributed by atoms with E-state index in [0.717, 1.165) is 49.5 Å². The third-order valence-electron chi connectivity index (χ3n) is 6.30. The molecule has 1 amide bonds. The van der Waals surface area contributed by atoms with Crippen LogP contribution in [0.15, 0.2) is 72.8 Å². The minimum absolute atomic E-state index is 0.0645. The molecule has 1 aromatic heterocycles. The fourth-order valence-electron chi connectivity index (χ4n) is 4.41. The van der Waals surface area contributed by atoms with E-state index >= 15 is 0 Å². The van der Waals surface area contributed by atoms with Crippen molar-refractivity contribution in [3.8, 4) is 0 Å². The minimum atomic E-state index is -0.965. The quantitative estimate of drug-likeness (QED) is 0.276. The van der Waals surface area contributed by atoms with Crippen molar-refractivity contribution in [2.45, 2.75) is 19.0 Å². The van der Waals surface area contributed by atoms with Crippen LogP contribution in [0, 0.1) is 11.6 Å². The maximum Gasteiger partial charge on any atom is 0.251 e. The molecule has 3 aromatic carbocycles. The Morgan fingerprint density at radius 1 is 1.00 bits per heavy atom. The summed E-state index contributed by atoms with van der Waals surface area (Å²) in [4.78, 5) is 31.8. The summed E-state index contributed by atoms with van der Waals surface area (Å²) in [6.45, 7) is 2.58. The third kappa shape index (κ3) is 5.71. The smallest absolute Gasteiger partial charge is 0.251 e. The van der Waals surface area contributed by atoms with Gasteiger partial charge in [-0.15, -0.1) is 0 Å². The molecule has 10 heteroatoms. The monoisotopic (exact) mass is 533 g/mol. The Kier molecular flexibility index (Phi) is 7.43. The molecule has 2 heterocycles. The van der Waals surface area contributed by atoms with Gasteiger partial charge in [-0.1, -0.05) is 47.7 Å². The molecule has 0 bridgehead atoms. The zero-order chi connectivity index (χ0) is 26.6. The van der Waals surface area contributed by atoms with E-state index in [4.69, 9.17) is 5.73 Å². The molecule has 0 aliphatic carbocycles. The fourth-order valence-corrected chi connectivity index (χ4v) is 5.26. The molecule has 5 rings (SSSR count). The number of aromatic nitrogens is 1. The second-order valence-electron chi connectivity index (χ2n) is 9.04. The van der Waals surface area contributed by atoms with Gasteiger partial charge in [0, 0.05) is 36.9 Å². The molecule has 38 heavy (non-hydrogen) atoms. The summed E-state index contributed by atoms with van der Waals surface area (Å²) >= 11 is 0.893. The standard InChI is InChI=1S/C28H25F2N5O2S/c29-21-7-4-8-22(30)23(21)24(36)25-26(31)34-28(38-25)33-19-11-9-18(10-12-19)27(37)32-20-13-14-35(16-20)15-17-5-2-1-3-6-17/h1-12,20H,13-16,31H2,(H,32,37)(H,33,34). The number of hydrogen-bond acceptors (Lipinski definition) is 7. The van der Waals surface area contributed by atoms with E-state index in [0.29, 0.717) is 11.3 Å². The largest absolute Gasteiger partial charge is 0.382 e. The van der Waals surface area contributed by atoms with Crippen molar-refractivity contribution in [3.05, 3.63) is 106 Å². The number of thiazole rings is 1. The maximum absolute atomic E-state index is 14.0. The van der Waals surface area contributed by atoms with Crippen LogP contribution in [-0.4, -0.2) is 40.7 Å².